The van der Waals surface area contributed by atoms with Crippen molar-refractivity contribution in [3.63, 3.8) is 0 Å². The molecule has 3 rings (SSSR count). The number of anilines is 1. The summed E-state index contributed by atoms with van der Waals surface area (Å²) in [6.07, 6.45) is -3.21. The van der Waals surface area contributed by atoms with Gasteiger partial charge in [0, 0.05) is 19.3 Å². The van der Waals surface area contributed by atoms with E-state index < -0.39 is 28.5 Å². The van der Waals surface area contributed by atoms with Crippen molar-refractivity contribution in [3.05, 3.63) is 64.3 Å². The van der Waals surface area contributed by atoms with Gasteiger partial charge in [-0.05, 0) is 17.7 Å². The number of rotatable bonds is 4. The maximum atomic E-state index is 12.9. The van der Waals surface area contributed by atoms with Gasteiger partial charge in [0.1, 0.15) is 16.5 Å². The zero-order valence-corrected chi connectivity index (χ0v) is 14.5. The van der Waals surface area contributed by atoms with Crippen LogP contribution in [0.5, 0.6) is 0 Å². The van der Waals surface area contributed by atoms with Crippen LogP contribution >= 0.6 is 11.6 Å². The third kappa shape index (κ3) is 4.11. The Kier molecular flexibility index (Phi) is 4.92. The second-order valence-electron chi connectivity index (χ2n) is 5.61. The Morgan fingerprint density at radius 3 is 2.44 bits per heavy atom. The Hall–Kier alpha value is -2.88. The summed E-state index contributed by atoms with van der Waals surface area (Å²) < 4.78 is 53.7. The van der Waals surface area contributed by atoms with Crippen LogP contribution in [0.25, 0.3) is 0 Å². The molecule has 11 heteroatoms. The molecule has 1 amide bonds. The summed E-state index contributed by atoms with van der Waals surface area (Å²) in [4.78, 5) is 12.3. The number of amides is 1. The maximum absolute atomic E-state index is 12.9. The minimum Gasteiger partial charge on any atom is -0.304 e. The number of aromatic nitrogens is 4. The normalized spacial score (nSPS) is 11.6. The number of carbonyl (C=O) groups is 1. The molecule has 2 heterocycles. The third-order valence-corrected chi connectivity index (χ3v) is 3.97. The number of carbonyl (C=O) groups excluding carboxylic acids is 1. The van der Waals surface area contributed by atoms with Crippen LogP contribution in [0.3, 0.4) is 0 Å². The Bertz CT molecular complexity index is 978. The number of nitrogens with one attached hydrogen (secondary N) is 1. The lowest BCUT2D eigenvalue weighted by Crippen LogP contribution is -2.17. The van der Waals surface area contributed by atoms with Gasteiger partial charge in [-0.25, -0.2) is 4.39 Å². The second-order valence-corrected chi connectivity index (χ2v) is 5.99. The van der Waals surface area contributed by atoms with Crippen molar-refractivity contribution in [2.24, 2.45) is 7.05 Å². The molecule has 0 aliphatic rings. The van der Waals surface area contributed by atoms with Crippen LogP contribution < -0.4 is 5.32 Å². The summed E-state index contributed by atoms with van der Waals surface area (Å²) in [5, 5.41) is 8.95. The average Bonchev–Trinajstić information content (AvgIpc) is 3.13. The zero-order chi connectivity index (χ0) is 19.8. The number of benzene rings is 1. The molecule has 142 valence electrons. The van der Waals surface area contributed by atoms with E-state index in [1.807, 2.05) is 0 Å². The van der Waals surface area contributed by atoms with Crippen LogP contribution in [0.1, 0.15) is 21.7 Å². The quantitative estimate of drug-likeness (QED) is 0.677. The first-order valence-electron chi connectivity index (χ1n) is 7.54. The molecule has 0 fully saturated rings. The molecular weight excluding hydrogens is 390 g/mol. The number of hydrogen-bond acceptors (Lipinski definition) is 3. The van der Waals surface area contributed by atoms with Gasteiger partial charge in [-0.3, -0.25) is 14.2 Å². The first-order valence-corrected chi connectivity index (χ1v) is 7.92. The van der Waals surface area contributed by atoms with Crippen LogP contribution in [-0.4, -0.2) is 25.5 Å². The molecule has 0 saturated heterocycles. The summed E-state index contributed by atoms with van der Waals surface area (Å²) in [7, 11) is 1.18. The number of halogens is 5. The largest absolute Gasteiger partial charge is 0.436 e. The fourth-order valence-electron chi connectivity index (χ4n) is 2.39. The van der Waals surface area contributed by atoms with E-state index in [2.05, 4.69) is 15.5 Å². The molecule has 2 aromatic heterocycles. The van der Waals surface area contributed by atoms with Crippen LogP contribution in [0, 0.1) is 5.82 Å². The topological polar surface area (TPSA) is 64.7 Å². The van der Waals surface area contributed by atoms with Crippen molar-refractivity contribution < 1.29 is 22.4 Å². The fraction of sp³-hybridized carbons (Fsp3) is 0.188. The SMILES string of the molecule is Cn1nc(C(F)(F)F)c(Cl)c1C(=O)Nc1ccn(Cc2ccc(F)cc2)n1. The molecule has 0 spiro atoms. The van der Waals surface area contributed by atoms with Crippen LogP contribution in [0.4, 0.5) is 23.4 Å². The molecule has 0 atom stereocenters. The highest BCUT2D eigenvalue weighted by molar-refractivity contribution is 6.34. The van der Waals surface area contributed by atoms with Gasteiger partial charge < -0.3 is 5.32 Å². The van der Waals surface area contributed by atoms with E-state index in [0.29, 0.717) is 6.54 Å². The van der Waals surface area contributed by atoms with Crippen molar-refractivity contribution in [2.75, 3.05) is 5.32 Å². The lowest BCUT2D eigenvalue weighted by Gasteiger charge is -2.04. The highest BCUT2D eigenvalue weighted by Gasteiger charge is 2.39. The first-order chi connectivity index (χ1) is 12.6. The molecule has 0 saturated carbocycles. The van der Waals surface area contributed by atoms with Crippen molar-refractivity contribution in [3.8, 4) is 0 Å². The van der Waals surface area contributed by atoms with Crippen LogP contribution in [0.15, 0.2) is 36.5 Å². The van der Waals surface area contributed by atoms with E-state index in [1.54, 1.807) is 18.3 Å². The molecule has 0 unspecified atom stereocenters. The van der Waals surface area contributed by atoms with Gasteiger partial charge in [-0.15, -0.1) is 0 Å². The standard InChI is InChI=1S/C16H12ClF4N5O/c1-25-13(12(17)14(24-25)16(19,20)21)15(27)22-11-6-7-26(23-11)8-9-2-4-10(18)5-3-9/h2-7H,8H2,1H3,(H,22,23,27). The van der Waals surface area contributed by atoms with Gasteiger partial charge in [-0.2, -0.15) is 23.4 Å². The lowest BCUT2D eigenvalue weighted by atomic mass is 10.2. The number of alkyl halides is 3. The molecule has 0 aliphatic heterocycles. The smallest absolute Gasteiger partial charge is 0.304 e. The molecule has 1 aromatic carbocycles. The minimum absolute atomic E-state index is 0.118. The van der Waals surface area contributed by atoms with Gasteiger partial charge in [0.05, 0.1) is 6.54 Å². The number of aryl methyl sites for hydroxylation is 1. The fourth-order valence-corrected chi connectivity index (χ4v) is 2.75. The van der Waals surface area contributed by atoms with Gasteiger partial charge in [0.2, 0.25) is 0 Å². The van der Waals surface area contributed by atoms with Crippen molar-refractivity contribution in [1.82, 2.24) is 19.6 Å². The first kappa shape index (κ1) is 18.9. The van der Waals surface area contributed by atoms with Gasteiger partial charge in [0.25, 0.3) is 5.91 Å². The summed E-state index contributed by atoms with van der Waals surface area (Å²) in [5.74, 6) is -1.12. The van der Waals surface area contributed by atoms with Crippen molar-refractivity contribution >= 4 is 23.3 Å². The van der Waals surface area contributed by atoms with E-state index in [-0.39, 0.29) is 11.6 Å². The molecule has 1 N–H and O–H groups in total. The Morgan fingerprint density at radius 2 is 1.85 bits per heavy atom. The average molecular weight is 402 g/mol. The molecule has 0 radical (unpaired) electrons. The Balaban J connectivity index is 1.75. The summed E-state index contributed by atoms with van der Waals surface area (Å²) >= 11 is 5.68. The Labute approximate surface area is 155 Å². The lowest BCUT2D eigenvalue weighted by molar-refractivity contribution is -0.141. The zero-order valence-electron chi connectivity index (χ0n) is 13.8. The van der Waals surface area contributed by atoms with Crippen molar-refractivity contribution in [2.45, 2.75) is 12.7 Å². The highest BCUT2D eigenvalue weighted by Crippen LogP contribution is 2.35. The maximum Gasteiger partial charge on any atom is 0.436 e. The van der Waals surface area contributed by atoms with Crippen molar-refractivity contribution in [1.29, 1.82) is 0 Å². The minimum atomic E-state index is -4.77. The predicted octanol–water partition coefficient (Wildman–Crippen LogP) is 3.73. The molecule has 0 bridgehead atoms. The van der Waals surface area contributed by atoms with E-state index in [1.165, 1.54) is 29.9 Å². The molecule has 3 aromatic rings. The number of hydrogen-bond donors (Lipinski definition) is 1. The molecule has 0 aliphatic carbocycles. The highest BCUT2D eigenvalue weighted by atomic mass is 35.5. The summed E-state index contributed by atoms with van der Waals surface area (Å²) in [6.45, 7) is 0.320. The Morgan fingerprint density at radius 1 is 1.19 bits per heavy atom. The van der Waals surface area contributed by atoms with Gasteiger partial charge in [-0.1, -0.05) is 23.7 Å². The van der Waals surface area contributed by atoms with E-state index in [4.69, 9.17) is 11.6 Å². The summed E-state index contributed by atoms with van der Waals surface area (Å²) in [5.41, 5.74) is -0.988. The van der Waals surface area contributed by atoms with E-state index in [0.717, 1.165) is 10.2 Å². The second kappa shape index (κ2) is 7.03. The molecule has 27 heavy (non-hydrogen) atoms. The molecule has 6 nitrogen and oxygen atoms in total. The summed E-state index contributed by atoms with van der Waals surface area (Å²) in [6, 6.07) is 7.26. The molecular formula is C16H12ClF4N5O. The van der Waals surface area contributed by atoms with Gasteiger partial charge >= 0.3 is 6.18 Å². The predicted molar refractivity (Wildman–Crippen MR) is 88.9 cm³/mol. The van der Waals surface area contributed by atoms with E-state index in [9.17, 15) is 22.4 Å². The van der Waals surface area contributed by atoms with Crippen LogP contribution in [-0.2, 0) is 19.8 Å². The van der Waals surface area contributed by atoms with E-state index >= 15 is 0 Å². The van der Waals surface area contributed by atoms with Gasteiger partial charge in [0.15, 0.2) is 11.5 Å². The van der Waals surface area contributed by atoms with Crippen LogP contribution in [0.2, 0.25) is 5.02 Å². The third-order valence-electron chi connectivity index (χ3n) is 3.61. The number of nitrogens with zero attached hydrogens (tertiary/aromatic N) is 4. The monoisotopic (exact) mass is 401 g/mol.